The van der Waals surface area contributed by atoms with Gasteiger partial charge in [0.1, 0.15) is 0 Å². The quantitative estimate of drug-likeness (QED) is 0.812. The predicted molar refractivity (Wildman–Crippen MR) is 75.6 cm³/mol. The summed E-state index contributed by atoms with van der Waals surface area (Å²) in [6.45, 7) is 4.62. The van der Waals surface area contributed by atoms with E-state index >= 15 is 0 Å². The second-order valence-electron chi connectivity index (χ2n) is 4.74. The van der Waals surface area contributed by atoms with Crippen LogP contribution in [0.3, 0.4) is 0 Å². The molecular formula is C15H22N2O2. The van der Waals surface area contributed by atoms with Crippen LogP contribution in [0.2, 0.25) is 0 Å². The first kappa shape index (κ1) is 15.2. The van der Waals surface area contributed by atoms with Gasteiger partial charge in [0.2, 0.25) is 11.8 Å². The Balaban J connectivity index is 2.70. The third-order valence-corrected chi connectivity index (χ3v) is 3.08. The maximum absolute atomic E-state index is 12.2. The number of nitrogens with zero attached hydrogens (tertiary/aromatic N) is 1. The van der Waals surface area contributed by atoms with Crippen LogP contribution in [0.4, 0.5) is 0 Å². The number of benzene rings is 1. The van der Waals surface area contributed by atoms with Crippen molar-refractivity contribution in [3.63, 3.8) is 0 Å². The molecule has 1 aromatic carbocycles. The van der Waals surface area contributed by atoms with Gasteiger partial charge in [-0.1, -0.05) is 37.6 Å². The molecule has 0 fully saturated rings. The third-order valence-electron chi connectivity index (χ3n) is 3.08. The van der Waals surface area contributed by atoms with Gasteiger partial charge in [-0.2, -0.15) is 0 Å². The second-order valence-corrected chi connectivity index (χ2v) is 4.74. The van der Waals surface area contributed by atoms with E-state index in [-0.39, 0.29) is 12.5 Å². The molecule has 19 heavy (non-hydrogen) atoms. The average molecular weight is 262 g/mol. The largest absolute Gasteiger partial charge is 0.368 e. The molecular weight excluding hydrogens is 240 g/mol. The molecule has 0 saturated carbocycles. The van der Waals surface area contributed by atoms with Crippen molar-refractivity contribution >= 4 is 11.8 Å². The molecule has 0 unspecified atom stereocenters. The molecule has 0 aliphatic heterocycles. The Bertz CT molecular complexity index is 444. The molecule has 0 bridgehead atoms. The number of hydrogen-bond donors (Lipinski definition) is 1. The molecule has 0 aromatic heterocycles. The van der Waals surface area contributed by atoms with Crippen molar-refractivity contribution in [2.75, 3.05) is 13.1 Å². The van der Waals surface area contributed by atoms with Crippen LogP contribution in [0.1, 0.15) is 30.9 Å². The highest BCUT2D eigenvalue weighted by Crippen LogP contribution is 2.09. The highest BCUT2D eigenvalue weighted by Gasteiger charge is 2.16. The third kappa shape index (κ3) is 5.12. The fourth-order valence-electron chi connectivity index (χ4n) is 1.91. The summed E-state index contributed by atoms with van der Waals surface area (Å²) in [7, 11) is 0. The molecule has 0 spiro atoms. The number of carbonyl (C=O) groups is 2. The molecule has 4 nitrogen and oxygen atoms in total. The first-order chi connectivity index (χ1) is 9.04. The van der Waals surface area contributed by atoms with Gasteiger partial charge in [0, 0.05) is 6.54 Å². The van der Waals surface area contributed by atoms with E-state index < -0.39 is 5.91 Å². The minimum absolute atomic E-state index is 0.00468. The van der Waals surface area contributed by atoms with E-state index in [0.717, 1.165) is 24.0 Å². The summed E-state index contributed by atoms with van der Waals surface area (Å²) >= 11 is 0. The molecule has 2 amide bonds. The van der Waals surface area contributed by atoms with E-state index in [9.17, 15) is 9.59 Å². The Kier molecular flexibility index (Phi) is 6.06. The molecule has 104 valence electrons. The minimum atomic E-state index is -0.464. The molecule has 0 aliphatic carbocycles. The van der Waals surface area contributed by atoms with Crippen LogP contribution in [0.15, 0.2) is 24.3 Å². The smallest absolute Gasteiger partial charge is 0.237 e. The van der Waals surface area contributed by atoms with E-state index in [4.69, 9.17) is 5.73 Å². The van der Waals surface area contributed by atoms with Crippen LogP contribution in [0.5, 0.6) is 0 Å². The molecule has 0 saturated heterocycles. The van der Waals surface area contributed by atoms with Crippen molar-refractivity contribution in [1.29, 1.82) is 0 Å². The summed E-state index contributed by atoms with van der Waals surface area (Å²) in [5.41, 5.74) is 7.28. The van der Waals surface area contributed by atoms with Gasteiger partial charge in [-0.3, -0.25) is 9.59 Å². The highest BCUT2D eigenvalue weighted by atomic mass is 16.2. The van der Waals surface area contributed by atoms with Gasteiger partial charge in [0.15, 0.2) is 0 Å². The normalized spacial score (nSPS) is 10.2. The maximum Gasteiger partial charge on any atom is 0.237 e. The zero-order chi connectivity index (χ0) is 14.3. The van der Waals surface area contributed by atoms with Crippen LogP contribution < -0.4 is 5.73 Å². The van der Waals surface area contributed by atoms with Crippen molar-refractivity contribution in [2.45, 2.75) is 33.1 Å². The lowest BCUT2D eigenvalue weighted by Gasteiger charge is -2.21. The Hall–Kier alpha value is -1.84. The van der Waals surface area contributed by atoms with Crippen LogP contribution in [0, 0.1) is 6.92 Å². The molecule has 2 N–H and O–H groups in total. The standard InChI is InChI=1S/C15H22N2O2/c1-3-4-9-17(11-14(16)18)15(19)10-13-8-6-5-7-12(13)2/h5-8H,3-4,9-11H2,1-2H3,(H2,16,18). The lowest BCUT2D eigenvalue weighted by Crippen LogP contribution is -2.40. The van der Waals surface area contributed by atoms with E-state index in [1.54, 1.807) is 4.90 Å². The number of unbranched alkanes of at least 4 members (excludes halogenated alkanes) is 1. The Labute approximate surface area is 114 Å². The first-order valence-electron chi connectivity index (χ1n) is 6.65. The van der Waals surface area contributed by atoms with Crippen LogP contribution in [-0.2, 0) is 16.0 Å². The van der Waals surface area contributed by atoms with E-state index in [0.29, 0.717) is 13.0 Å². The number of aryl methyl sites for hydroxylation is 1. The molecule has 0 aliphatic rings. The zero-order valence-corrected chi connectivity index (χ0v) is 11.7. The molecule has 0 heterocycles. The van der Waals surface area contributed by atoms with Crippen molar-refractivity contribution in [3.05, 3.63) is 35.4 Å². The van der Waals surface area contributed by atoms with Gasteiger partial charge in [-0.15, -0.1) is 0 Å². The van der Waals surface area contributed by atoms with Crippen molar-refractivity contribution in [2.24, 2.45) is 5.73 Å². The SMILES string of the molecule is CCCCN(CC(N)=O)C(=O)Cc1ccccc1C. The number of primary amides is 1. The summed E-state index contributed by atoms with van der Waals surface area (Å²) in [6.07, 6.45) is 2.18. The van der Waals surface area contributed by atoms with Crippen LogP contribution in [0.25, 0.3) is 0 Å². The van der Waals surface area contributed by atoms with Crippen molar-refractivity contribution < 1.29 is 9.59 Å². The van der Waals surface area contributed by atoms with Crippen LogP contribution >= 0.6 is 0 Å². The average Bonchev–Trinajstić information content (AvgIpc) is 2.36. The predicted octanol–water partition coefficient (Wildman–Crippen LogP) is 1.65. The summed E-state index contributed by atoms with van der Waals surface area (Å²) in [5.74, 6) is -0.504. The Morgan fingerprint density at radius 1 is 1.26 bits per heavy atom. The Morgan fingerprint density at radius 3 is 2.53 bits per heavy atom. The second kappa shape index (κ2) is 7.56. The maximum atomic E-state index is 12.2. The summed E-state index contributed by atoms with van der Waals surface area (Å²) in [5, 5.41) is 0. The van der Waals surface area contributed by atoms with Gasteiger partial charge >= 0.3 is 0 Å². The fourth-order valence-corrected chi connectivity index (χ4v) is 1.91. The molecule has 0 atom stereocenters. The fraction of sp³-hybridized carbons (Fsp3) is 0.467. The van der Waals surface area contributed by atoms with Gasteiger partial charge in [0.05, 0.1) is 13.0 Å². The zero-order valence-electron chi connectivity index (χ0n) is 11.7. The van der Waals surface area contributed by atoms with Gasteiger partial charge < -0.3 is 10.6 Å². The number of rotatable bonds is 7. The number of carbonyl (C=O) groups excluding carboxylic acids is 2. The van der Waals surface area contributed by atoms with E-state index in [1.807, 2.05) is 38.1 Å². The van der Waals surface area contributed by atoms with E-state index in [1.165, 1.54) is 0 Å². The molecule has 4 heteroatoms. The summed E-state index contributed by atoms with van der Waals surface area (Å²) in [6, 6.07) is 7.78. The van der Waals surface area contributed by atoms with Gasteiger partial charge in [0.25, 0.3) is 0 Å². The van der Waals surface area contributed by atoms with E-state index in [2.05, 4.69) is 0 Å². The van der Waals surface area contributed by atoms with Crippen LogP contribution in [-0.4, -0.2) is 29.8 Å². The van der Waals surface area contributed by atoms with Gasteiger partial charge in [-0.25, -0.2) is 0 Å². The molecule has 1 aromatic rings. The monoisotopic (exact) mass is 262 g/mol. The highest BCUT2D eigenvalue weighted by molar-refractivity contribution is 5.85. The lowest BCUT2D eigenvalue weighted by atomic mass is 10.1. The van der Waals surface area contributed by atoms with Crippen molar-refractivity contribution in [3.8, 4) is 0 Å². The summed E-state index contributed by atoms with van der Waals surface area (Å²) < 4.78 is 0. The topological polar surface area (TPSA) is 63.4 Å². The first-order valence-corrected chi connectivity index (χ1v) is 6.65. The Morgan fingerprint density at radius 2 is 1.95 bits per heavy atom. The van der Waals surface area contributed by atoms with Gasteiger partial charge in [-0.05, 0) is 24.5 Å². The lowest BCUT2D eigenvalue weighted by molar-refractivity contribution is -0.134. The number of nitrogens with two attached hydrogens (primary N) is 1. The van der Waals surface area contributed by atoms with Crippen molar-refractivity contribution in [1.82, 2.24) is 4.90 Å². The summed E-state index contributed by atoms with van der Waals surface area (Å²) in [4.78, 5) is 24.8. The minimum Gasteiger partial charge on any atom is -0.368 e. The number of amides is 2. The molecule has 0 radical (unpaired) electrons. The molecule has 1 rings (SSSR count). The number of hydrogen-bond acceptors (Lipinski definition) is 2.